The number of nitrogens with two attached hydrogens (primary N) is 1. The van der Waals surface area contributed by atoms with Gasteiger partial charge in [-0.15, -0.1) is 0 Å². The zero-order valence-electron chi connectivity index (χ0n) is 22.0. The Morgan fingerprint density at radius 1 is 1.16 bits per heavy atom. The minimum Gasteiger partial charge on any atom is -0.756 e. The number of nitrogens with one attached hydrogen (secondary N) is 1. The molecule has 2 fully saturated rings. The van der Waals surface area contributed by atoms with Gasteiger partial charge in [0.05, 0.1) is 19.3 Å². The summed E-state index contributed by atoms with van der Waals surface area (Å²) in [6, 6.07) is 2.78. The third-order valence-corrected chi connectivity index (χ3v) is 9.14. The van der Waals surface area contributed by atoms with Crippen LogP contribution < -0.4 is 20.8 Å². The largest absolute Gasteiger partial charge is 0.756 e. The molecular weight excluding hydrogens is 638 g/mol. The summed E-state index contributed by atoms with van der Waals surface area (Å²) >= 11 is 0. The number of aliphatic hydroxyl groups excluding tert-OH is 4. The van der Waals surface area contributed by atoms with Gasteiger partial charge in [-0.3, -0.25) is 27.8 Å². The monoisotopic (exact) mass is 664 g/mol. The Kier molecular flexibility index (Phi) is 8.88. The second-order valence-corrected chi connectivity index (χ2v) is 12.8. The lowest BCUT2D eigenvalue weighted by atomic mass is 10.1. The van der Waals surface area contributed by atoms with Crippen LogP contribution in [0.5, 0.6) is 0 Å². The number of primary amides is 1. The number of amides is 1. The number of fused-ring (bicyclic) bond motifs is 1. The number of aromatic amines is 1. The van der Waals surface area contributed by atoms with Gasteiger partial charge in [-0.25, -0.2) is 9.97 Å². The average molecular weight is 664 g/mol. The Morgan fingerprint density at radius 3 is 2.57 bits per heavy atom. The van der Waals surface area contributed by atoms with Crippen molar-refractivity contribution < 1.29 is 72.1 Å². The van der Waals surface area contributed by atoms with Crippen LogP contribution in [0.25, 0.3) is 11.2 Å². The molecule has 44 heavy (non-hydrogen) atoms. The van der Waals surface area contributed by atoms with Crippen LogP contribution in [0.3, 0.4) is 0 Å². The van der Waals surface area contributed by atoms with Crippen molar-refractivity contribution in [1.82, 2.24) is 19.5 Å². The van der Waals surface area contributed by atoms with E-state index in [-0.39, 0.29) is 16.7 Å². The molecule has 9 N–H and O–H groups in total. The van der Waals surface area contributed by atoms with Crippen molar-refractivity contribution in [2.24, 2.45) is 5.73 Å². The fourth-order valence-corrected chi connectivity index (χ4v) is 7.16. The Bertz CT molecular complexity index is 1700. The van der Waals surface area contributed by atoms with Crippen LogP contribution in [-0.4, -0.2) is 105 Å². The van der Waals surface area contributed by atoms with Crippen molar-refractivity contribution in [3.8, 4) is 0 Å². The first-order valence-electron chi connectivity index (χ1n) is 12.5. The van der Waals surface area contributed by atoms with Crippen molar-refractivity contribution in [3.05, 3.63) is 53.1 Å². The zero-order chi connectivity index (χ0) is 32.1. The molecule has 0 aliphatic carbocycles. The average Bonchev–Trinajstić information content (AvgIpc) is 3.60. The van der Waals surface area contributed by atoms with Crippen LogP contribution in [0.15, 0.2) is 42.0 Å². The minimum atomic E-state index is -5.85. The number of hydrogen-bond acceptors (Lipinski definition) is 15. The number of aliphatic hydroxyl groups is 4. The molecule has 11 unspecified atom stereocenters. The van der Waals surface area contributed by atoms with Gasteiger partial charge in [0.1, 0.15) is 36.1 Å². The second kappa shape index (κ2) is 12.1. The molecule has 2 aliphatic heterocycles. The number of hydrogen-bond donors (Lipinski definition) is 8. The number of ether oxygens (including phenoxy) is 2. The first-order chi connectivity index (χ1) is 20.6. The number of nitrogens with zero attached hydrogens (tertiary/aromatic N) is 4. The third kappa shape index (κ3) is 6.24. The molecule has 3 aromatic heterocycles. The van der Waals surface area contributed by atoms with Crippen LogP contribution in [0.4, 0.5) is 0 Å². The second-order valence-electron chi connectivity index (χ2n) is 9.80. The molecule has 5 heterocycles. The van der Waals surface area contributed by atoms with Crippen molar-refractivity contribution in [3.63, 3.8) is 0 Å². The molecule has 5 rings (SSSR count). The Hall–Kier alpha value is -3.01. The van der Waals surface area contributed by atoms with E-state index in [2.05, 4.69) is 19.5 Å². The molecule has 2 aliphatic rings. The van der Waals surface area contributed by atoms with Crippen molar-refractivity contribution in [1.29, 1.82) is 0 Å². The van der Waals surface area contributed by atoms with Crippen molar-refractivity contribution in [2.75, 3.05) is 6.61 Å². The summed E-state index contributed by atoms with van der Waals surface area (Å²) in [5.41, 5.74) is 4.29. The SMILES string of the molecule is NC(=O)c1ccc[n+](C2OC(COP(=O)(O)C(OP(=O)([O-])O)C3OC(n4cnc5c(=O)[nH]cnc54)C(O)C3O)C(O)C2O)c1. The number of phosphoric acid groups is 1. The fourth-order valence-electron chi connectivity index (χ4n) is 4.81. The molecular formula is C21H26N6O15P2. The van der Waals surface area contributed by atoms with E-state index in [1.807, 2.05) is 0 Å². The maximum Gasteiger partial charge on any atom is 0.360 e. The molecule has 3 aromatic rings. The minimum absolute atomic E-state index is 0.0327. The highest BCUT2D eigenvalue weighted by atomic mass is 31.2. The summed E-state index contributed by atoms with van der Waals surface area (Å²) in [4.78, 5) is 65.3. The molecule has 0 aromatic carbocycles. The Balaban J connectivity index is 1.36. The smallest absolute Gasteiger partial charge is 0.360 e. The number of phosphoric ester groups is 1. The van der Waals surface area contributed by atoms with Gasteiger partial charge in [0.25, 0.3) is 25.5 Å². The predicted molar refractivity (Wildman–Crippen MR) is 136 cm³/mol. The van der Waals surface area contributed by atoms with Gasteiger partial charge in [0.15, 0.2) is 41.7 Å². The number of imidazole rings is 1. The van der Waals surface area contributed by atoms with E-state index in [9.17, 15) is 53.8 Å². The first kappa shape index (κ1) is 32.4. The van der Waals surface area contributed by atoms with Crippen LogP contribution in [0.2, 0.25) is 0 Å². The lowest BCUT2D eigenvalue weighted by Gasteiger charge is -2.32. The maximum atomic E-state index is 13.3. The highest BCUT2D eigenvalue weighted by molar-refractivity contribution is 7.54. The molecule has 21 nitrogen and oxygen atoms in total. The van der Waals surface area contributed by atoms with Crippen LogP contribution in [0, 0.1) is 0 Å². The van der Waals surface area contributed by atoms with Gasteiger partial charge in [0, 0.05) is 6.07 Å². The van der Waals surface area contributed by atoms with E-state index in [0.29, 0.717) is 0 Å². The van der Waals surface area contributed by atoms with Crippen LogP contribution >= 0.6 is 15.4 Å². The number of carbonyl (C=O) groups is 1. The number of carbonyl (C=O) groups excluding carboxylic acids is 1. The van der Waals surface area contributed by atoms with Gasteiger partial charge in [-0.2, -0.15) is 4.57 Å². The van der Waals surface area contributed by atoms with Crippen LogP contribution in [-0.2, 0) is 27.7 Å². The molecule has 0 spiro atoms. The molecule has 2 saturated heterocycles. The summed E-state index contributed by atoms with van der Waals surface area (Å²) in [7, 11) is -11.3. The topological polar surface area (TPSA) is 326 Å². The molecule has 240 valence electrons. The van der Waals surface area contributed by atoms with Crippen LogP contribution in [0.1, 0.15) is 22.8 Å². The van der Waals surface area contributed by atoms with Gasteiger partial charge >= 0.3 is 7.60 Å². The van der Waals surface area contributed by atoms with E-state index in [4.69, 9.17) is 19.7 Å². The third-order valence-electron chi connectivity index (χ3n) is 6.92. The highest BCUT2D eigenvalue weighted by Gasteiger charge is 2.56. The summed E-state index contributed by atoms with van der Waals surface area (Å²) in [5.74, 6) is -3.49. The fraction of sp³-hybridized carbons (Fsp3) is 0.476. The quantitative estimate of drug-likeness (QED) is 0.0747. The van der Waals surface area contributed by atoms with E-state index in [0.717, 1.165) is 17.2 Å². The maximum absolute atomic E-state index is 13.3. The lowest BCUT2D eigenvalue weighted by Crippen LogP contribution is -2.46. The van der Waals surface area contributed by atoms with Gasteiger partial charge < -0.3 is 59.8 Å². The number of aromatic nitrogens is 5. The molecule has 0 bridgehead atoms. The van der Waals surface area contributed by atoms with Gasteiger partial charge in [-0.1, -0.05) is 0 Å². The molecule has 11 atom stereocenters. The summed E-state index contributed by atoms with van der Waals surface area (Å²) < 4.78 is 47.6. The molecule has 1 amide bonds. The van der Waals surface area contributed by atoms with E-state index < -0.39 is 88.4 Å². The Morgan fingerprint density at radius 2 is 1.89 bits per heavy atom. The summed E-state index contributed by atoms with van der Waals surface area (Å²) in [6.07, 6.45) is -9.56. The van der Waals surface area contributed by atoms with Crippen molar-refractivity contribution in [2.45, 2.75) is 54.9 Å². The summed E-state index contributed by atoms with van der Waals surface area (Å²) in [5, 5.41) is 42.4. The molecule has 0 radical (unpaired) electrons. The lowest BCUT2D eigenvalue weighted by molar-refractivity contribution is -0.765. The summed E-state index contributed by atoms with van der Waals surface area (Å²) in [6.45, 7) is -0.985. The number of rotatable bonds is 10. The highest BCUT2D eigenvalue weighted by Crippen LogP contribution is 2.57. The van der Waals surface area contributed by atoms with Gasteiger partial charge in [-0.05, 0) is 6.07 Å². The van der Waals surface area contributed by atoms with E-state index in [1.54, 1.807) is 0 Å². The van der Waals surface area contributed by atoms with E-state index in [1.165, 1.54) is 29.1 Å². The standard InChI is InChI=1S/C21H26N6O15P2/c22-16(32)8-2-1-3-26(4-8)19-13(30)11(28)9(40-19)5-39-43(34,35)21(42-44(36,37)38)15-12(29)14(31)20(41-15)27-7-25-10-17(27)23-6-24-18(10)33/h1-4,6-7,9,11-15,19-21,28-31H,5H2,(H5-,22,23,24,32,33,34,35,36,37,38). The van der Waals surface area contributed by atoms with E-state index >= 15 is 0 Å². The molecule has 23 heteroatoms. The predicted octanol–water partition coefficient (Wildman–Crippen LogP) is -4.55. The molecule has 0 saturated carbocycles. The van der Waals surface area contributed by atoms with Gasteiger partial charge in [0.2, 0.25) is 0 Å². The van der Waals surface area contributed by atoms with Crippen molar-refractivity contribution >= 4 is 32.5 Å². The normalized spacial score (nSPS) is 32.3. The number of H-pyrrole nitrogens is 1. The zero-order valence-corrected chi connectivity index (χ0v) is 23.8. The number of pyridine rings is 1. The Labute approximate surface area is 244 Å². The first-order valence-corrected chi connectivity index (χ1v) is 15.7.